The first-order valence-electron chi connectivity index (χ1n) is 14.1. The van der Waals surface area contributed by atoms with Gasteiger partial charge < -0.3 is 30.1 Å². The molecule has 1 aliphatic heterocycles. The van der Waals surface area contributed by atoms with Gasteiger partial charge in [-0.2, -0.15) is 0 Å². The minimum absolute atomic E-state index is 0.00523. The maximum atomic E-state index is 13.4. The van der Waals surface area contributed by atoms with Crippen LogP contribution in [-0.2, 0) is 22.5 Å². The summed E-state index contributed by atoms with van der Waals surface area (Å²) in [6.45, 7) is 2.71. The molecule has 1 aliphatic rings. The number of nitrogens with two attached hydrogens (primary N) is 2. The lowest BCUT2D eigenvalue weighted by Crippen LogP contribution is -2.42. The Hall–Kier alpha value is -3.37. The fraction of sp³-hybridized carbons (Fsp3) is 0.387. The molecule has 2 aromatic heterocycles. The van der Waals surface area contributed by atoms with Crippen LogP contribution in [0, 0.1) is 0 Å². The summed E-state index contributed by atoms with van der Waals surface area (Å²) in [4.78, 5) is 32.4. The highest BCUT2D eigenvalue weighted by Gasteiger charge is 2.30. The molecule has 0 radical (unpaired) electrons. The second-order valence-electron chi connectivity index (χ2n) is 10.8. The number of primary amides is 1. The van der Waals surface area contributed by atoms with Gasteiger partial charge in [0.05, 0.1) is 16.1 Å². The zero-order chi connectivity index (χ0) is 29.8. The fourth-order valence-corrected chi connectivity index (χ4v) is 6.12. The Balaban J connectivity index is 1.28. The molecule has 4 N–H and O–H groups in total. The lowest BCUT2D eigenvalue weighted by Gasteiger charge is -2.33. The van der Waals surface area contributed by atoms with Crippen molar-refractivity contribution in [2.45, 2.75) is 50.6 Å². The number of aromatic nitrogens is 2. The van der Waals surface area contributed by atoms with Gasteiger partial charge in [-0.3, -0.25) is 9.59 Å². The van der Waals surface area contributed by atoms with Crippen molar-refractivity contribution in [1.29, 1.82) is 0 Å². The first-order valence-corrected chi connectivity index (χ1v) is 14.9. The van der Waals surface area contributed by atoms with Gasteiger partial charge in [0.15, 0.2) is 5.76 Å². The number of ether oxygens (including phenoxy) is 1. The average molecular weight is 613 g/mol. The number of benzene rings is 2. The summed E-state index contributed by atoms with van der Waals surface area (Å²) >= 11 is 12.5. The molecule has 1 fully saturated rings. The van der Waals surface area contributed by atoms with Crippen LogP contribution in [0.2, 0.25) is 10.0 Å². The number of amides is 2. The number of halogens is 2. The van der Waals surface area contributed by atoms with E-state index < -0.39 is 11.9 Å². The minimum atomic E-state index is -0.722. The Morgan fingerprint density at radius 2 is 2.00 bits per heavy atom. The second-order valence-corrected chi connectivity index (χ2v) is 11.6. The van der Waals surface area contributed by atoms with Crippen LogP contribution in [0.3, 0.4) is 0 Å². The van der Waals surface area contributed by atoms with E-state index in [-0.39, 0.29) is 30.4 Å². The standard InChI is InChI=1S/C31H35Cl2N5O4/c1-41-13-5-12-38-26-8-3-2-7-25(26)36-31(38)19-6-4-11-37(18-19)28(39)17-22(34)14-20-15-27(42-29(20)30(35)40)23-16-21(32)9-10-24(23)33/h2-3,7-10,15-16,19,22H,4-6,11-14,17-18,34H2,1H3,(H2,35,40)/t19-,22+/m1/s1. The summed E-state index contributed by atoms with van der Waals surface area (Å²) in [6, 6.07) is 14.2. The molecule has 222 valence electrons. The predicted molar refractivity (Wildman–Crippen MR) is 164 cm³/mol. The van der Waals surface area contributed by atoms with Gasteiger partial charge in [-0.15, -0.1) is 0 Å². The molecule has 42 heavy (non-hydrogen) atoms. The van der Waals surface area contributed by atoms with E-state index in [4.69, 9.17) is 48.8 Å². The normalized spacial score (nSPS) is 16.2. The van der Waals surface area contributed by atoms with Gasteiger partial charge in [0, 0.05) is 67.9 Å². The first-order chi connectivity index (χ1) is 20.2. The lowest BCUT2D eigenvalue weighted by atomic mass is 9.96. The predicted octanol–water partition coefficient (Wildman–Crippen LogP) is 5.40. The molecule has 0 saturated carbocycles. The molecule has 2 aromatic carbocycles. The molecule has 5 rings (SSSR count). The number of fused-ring (bicyclic) bond motifs is 1. The number of carbonyl (C=O) groups excluding carboxylic acids is 2. The molecule has 0 bridgehead atoms. The van der Waals surface area contributed by atoms with Crippen molar-refractivity contribution in [3.05, 3.63) is 75.7 Å². The van der Waals surface area contributed by atoms with Crippen molar-refractivity contribution >= 4 is 46.0 Å². The number of nitrogens with zero attached hydrogens (tertiary/aromatic N) is 3. The molecule has 0 unspecified atom stereocenters. The number of aryl methyl sites for hydroxylation is 1. The maximum absolute atomic E-state index is 13.4. The summed E-state index contributed by atoms with van der Waals surface area (Å²) in [5, 5.41) is 0.891. The highest BCUT2D eigenvalue weighted by molar-refractivity contribution is 6.35. The van der Waals surface area contributed by atoms with Crippen LogP contribution in [0.25, 0.3) is 22.4 Å². The molecule has 1 saturated heterocycles. The second kappa shape index (κ2) is 13.3. The topological polar surface area (TPSA) is 130 Å². The molecular weight excluding hydrogens is 577 g/mol. The minimum Gasteiger partial charge on any atom is -0.451 e. The van der Waals surface area contributed by atoms with Crippen LogP contribution in [0.15, 0.2) is 52.9 Å². The van der Waals surface area contributed by atoms with E-state index >= 15 is 0 Å². The number of likely N-dealkylation sites (tertiary alicyclic amines) is 1. The third-order valence-electron chi connectivity index (χ3n) is 7.70. The van der Waals surface area contributed by atoms with E-state index in [9.17, 15) is 9.59 Å². The Bertz CT molecular complexity index is 1580. The molecular formula is C31H35Cl2N5O4. The zero-order valence-corrected chi connectivity index (χ0v) is 25.0. The van der Waals surface area contributed by atoms with Crippen LogP contribution in [0.5, 0.6) is 0 Å². The first kappa shape index (κ1) is 30.1. The van der Waals surface area contributed by atoms with Gasteiger partial charge in [0.1, 0.15) is 11.6 Å². The SMILES string of the molecule is COCCCn1c([C@@H]2CCCN(C(=O)C[C@@H](N)Cc3cc(-c4cc(Cl)ccc4Cl)oc3C(N)=O)C2)nc2ccccc21. The third-order valence-corrected chi connectivity index (χ3v) is 8.26. The number of methoxy groups -OCH3 is 1. The van der Waals surface area contributed by atoms with Crippen molar-refractivity contribution < 1.29 is 18.7 Å². The van der Waals surface area contributed by atoms with Crippen LogP contribution >= 0.6 is 23.2 Å². The fourth-order valence-electron chi connectivity index (χ4n) is 5.74. The van der Waals surface area contributed by atoms with Gasteiger partial charge in [-0.05, 0) is 62.1 Å². The highest BCUT2D eigenvalue weighted by Crippen LogP contribution is 2.34. The molecule has 3 heterocycles. The lowest BCUT2D eigenvalue weighted by molar-refractivity contribution is -0.132. The van der Waals surface area contributed by atoms with Crippen LogP contribution < -0.4 is 11.5 Å². The Morgan fingerprint density at radius 3 is 2.79 bits per heavy atom. The largest absolute Gasteiger partial charge is 0.451 e. The number of hydrogen-bond acceptors (Lipinski definition) is 6. The monoisotopic (exact) mass is 611 g/mol. The number of imidazole rings is 1. The molecule has 9 nitrogen and oxygen atoms in total. The molecule has 2 amide bonds. The Labute approximate surface area is 254 Å². The van der Waals surface area contributed by atoms with Crippen molar-refractivity contribution in [2.24, 2.45) is 11.5 Å². The van der Waals surface area contributed by atoms with Gasteiger partial charge >= 0.3 is 0 Å². The Morgan fingerprint density at radius 1 is 1.19 bits per heavy atom. The smallest absolute Gasteiger partial charge is 0.284 e. The van der Waals surface area contributed by atoms with Crippen molar-refractivity contribution in [1.82, 2.24) is 14.5 Å². The van der Waals surface area contributed by atoms with E-state index in [2.05, 4.69) is 10.6 Å². The number of rotatable bonds is 11. The van der Waals surface area contributed by atoms with Crippen molar-refractivity contribution in [3.8, 4) is 11.3 Å². The zero-order valence-electron chi connectivity index (χ0n) is 23.5. The summed E-state index contributed by atoms with van der Waals surface area (Å²) in [6.07, 6.45) is 3.06. The molecule has 11 heteroatoms. The third kappa shape index (κ3) is 6.65. The van der Waals surface area contributed by atoms with Gasteiger partial charge in [-0.25, -0.2) is 4.98 Å². The Kier molecular flexibility index (Phi) is 9.53. The van der Waals surface area contributed by atoms with E-state index in [1.165, 1.54) is 0 Å². The van der Waals surface area contributed by atoms with Crippen LogP contribution in [0.1, 0.15) is 53.5 Å². The quantitative estimate of drug-likeness (QED) is 0.218. The number of furan rings is 1. The van der Waals surface area contributed by atoms with Gasteiger partial charge in [0.25, 0.3) is 5.91 Å². The number of hydrogen-bond donors (Lipinski definition) is 2. The molecule has 2 atom stereocenters. The number of carbonyl (C=O) groups is 2. The van der Waals surface area contributed by atoms with Crippen molar-refractivity contribution in [3.63, 3.8) is 0 Å². The molecule has 0 aliphatic carbocycles. The number of piperidine rings is 1. The van der Waals surface area contributed by atoms with E-state index in [1.54, 1.807) is 31.4 Å². The van der Waals surface area contributed by atoms with E-state index in [1.807, 2.05) is 23.1 Å². The highest BCUT2D eigenvalue weighted by atomic mass is 35.5. The average Bonchev–Trinajstić information content (AvgIpc) is 3.56. The number of para-hydroxylation sites is 2. The summed E-state index contributed by atoms with van der Waals surface area (Å²) in [5.74, 6) is 0.725. The van der Waals surface area contributed by atoms with Gasteiger partial charge in [-0.1, -0.05) is 35.3 Å². The van der Waals surface area contributed by atoms with E-state index in [0.29, 0.717) is 46.6 Å². The summed E-state index contributed by atoms with van der Waals surface area (Å²) < 4.78 is 13.3. The maximum Gasteiger partial charge on any atom is 0.284 e. The molecule has 4 aromatic rings. The van der Waals surface area contributed by atoms with Crippen molar-refractivity contribution in [2.75, 3.05) is 26.8 Å². The summed E-state index contributed by atoms with van der Waals surface area (Å²) in [7, 11) is 1.71. The molecule has 0 spiro atoms. The van der Waals surface area contributed by atoms with E-state index in [0.717, 1.165) is 42.7 Å². The van der Waals surface area contributed by atoms with Gasteiger partial charge in [0.2, 0.25) is 5.91 Å². The van der Waals surface area contributed by atoms with Crippen LogP contribution in [0.4, 0.5) is 0 Å². The summed E-state index contributed by atoms with van der Waals surface area (Å²) in [5.41, 5.74) is 15.2. The van der Waals surface area contributed by atoms with Crippen LogP contribution in [-0.4, -0.2) is 59.1 Å².